The zero-order chi connectivity index (χ0) is 16.0. The van der Waals surface area contributed by atoms with E-state index in [4.69, 9.17) is 0 Å². The summed E-state index contributed by atoms with van der Waals surface area (Å²) in [5.74, 6) is 0.000621. The lowest BCUT2D eigenvalue weighted by Gasteiger charge is -2.41. The molecule has 23 heavy (non-hydrogen) atoms. The summed E-state index contributed by atoms with van der Waals surface area (Å²) in [6.45, 7) is 0.973. The highest BCUT2D eigenvalue weighted by Gasteiger charge is 2.39. The fourth-order valence-electron chi connectivity index (χ4n) is 2.94. The van der Waals surface area contributed by atoms with Gasteiger partial charge in [0.15, 0.2) is 0 Å². The van der Waals surface area contributed by atoms with Crippen LogP contribution < -0.4 is 4.90 Å². The highest BCUT2D eigenvalue weighted by Crippen LogP contribution is 2.38. The molecule has 3 aromatic rings. The number of anilines is 1. The Kier molecular flexibility index (Phi) is 3.04. The summed E-state index contributed by atoms with van der Waals surface area (Å²) < 4.78 is 41.2. The molecule has 0 saturated carbocycles. The van der Waals surface area contributed by atoms with E-state index >= 15 is 0 Å². The quantitative estimate of drug-likeness (QED) is 0.725. The molecule has 1 aliphatic rings. The summed E-state index contributed by atoms with van der Waals surface area (Å²) in [6.07, 6.45) is -1.25. The second-order valence-electron chi connectivity index (χ2n) is 5.57. The first-order valence-electron chi connectivity index (χ1n) is 7.23. The van der Waals surface area contributed by atoms with Crippen LogP contribution in [0.1, 0.15) is 11.6 Å². The number of benzene rings is 1. The number of hydrogen-bond donors (Lipinski definition) is 0. The predicted molar refractivity (Wildman–Crippen MR) is 80.2 cm³/mol. The summed E-state index contributed by atoms with van der Waals surface area (Å²) in [6, 6.07) is 10.2. The Morgan fingerprint density at radius 2 is 1.78 bits per heavy atom. The molecule has 4 nitrogen and oxygen atoms in total. The number of alkyl halides is 3. The summed E-state index contributed by atoms with van der Waals surface area (Å²) in [7, 11) is 0. The van der Waals surface area contributed by atoms with Crippen molar-refractivity contribution in [2.45, 2.75) is 12.2 Å². The molecule has 2 aromatic heterocycles. The summed E-state index contributed by atoms with van der Waals surface area (Å²) in [5.41, 5.74) is 1.20. The molecule has 1 aliphatic heterocycles. The normalized spacial score (nSPS) is 15.9. The number of imidazole rings is 1. The van der Waals surface area contributed by atoms with Gasteiger partial charge >= 0.3 is 6.18 Å². The molecule has 0 atom stereocenters. The number of nitrogens with zero attached hydrogens (tertiary/aromatic N) is 4. The van der Waals surface area contributed by atoms with Crippen molar-refractivity contribution in [1.29, 1.82) is 0 Å². The maximum Gasteiger partial charge on any atom is 0.419 e. The van der Waals surface area contributed by atoms with Crippen molar-refractivity contribution in [3.8, 4) is 0 Å². The van der Waals surface area contributed by atoms with Gasteiger partial charge in [-0.15, -0.1) is 0 Å². The molecule has 4 rings (SSSR count). The average Bonchev–Trinajstić information content (AvgIpc) is 2.89. The average molecular weight is 318 g/mol. The van der Waals surface area contributed by atoms with Crippen molar-refractivity contribution in [3.63, 3.8) is 0 Å². The van der Waals surface area contributed by atoms with Gasteiger partial charge in [0.05, 0.1) is 29.0 Å². The highest BCUT2D eigenvalue weighted by atomic mass is 19.4. The molecular formula is C16H13F3N4. The van der Waals surface area contributed by atoms with Gasteiger partial charge in [-0.05, 0) is 24.3 Å². The molecule has 7 heteroatoms. The first-order chi connectivity index (χ1) is 11.0. The van der Waals surface area contributed by atoms with Crippen LogP contribution in [0.4, 0.5) is 19.0 Å². The molecule has 0 spiro atoms. The van der Waals surface area contributed by atoms with E-state index in [1.165, 1.54) is 12.3 Å². The zero-order valence-electron chi connectivity index (χ0n) is 12.0. The predicted octanol–water partition coefficient (Wildman–Crippen LogP) is 3.51. The molecule has 3 heterocycles. The van der Waals surface area contributed by atoms with Crippen LogP contribution in [-0.2, 0) is 6.18 Å². The molecular weight excluding hydrogens is 305 g/mol. The number of rotatable bonds is 2. The summed E-state index contributed by atoms with van der Waals surface area (Å²) in [5, 5.41) is 0. The van der Waals surface area contributed by atoms with Gasteiger partial charge in [0, 0.05) is 19.3 Å². The minimum Gasteiger partial charge on any atom is -0.352 e. The number of pyridine rings is 1. The molecule has 118 valence electrons. The smallest absolute Gasteiger partial charge is 0.352 e. The van der Waals surface area contributed by atoms with Crippen LogP contribution in [0.2, 0.25) is 0 Å². The standard InChI is InChI=1S/C16H13F3N4/c17-16(18,19)12-4-3-7-20-15(12)22-8-11(9-22)23-10-21-13-5-1-2-6-14(13)23/h1-7,10-11H,8-9H2. The number of para-hydroxylation sites is 2. The molecule has 0 aliphatic carbocycles. The topological polar surface area (TPSA) is 34.0 Å². The SMILES string of the molecule is FC(F)(F)c1cccnc1N1CC(n2cnc3ccccc32)C1. The van der Waals surface area contributed by atoms with Crippen molar-refractivity contribution in [2.75, 3.05) is 18.0 Å². The molecule has 0 unspecified atom stereocenters. The maximum absolute atomic E-state index is 13.1. The second kappa shape index (κ2) is 4.97. The van der Waals surface area contributed by atoms with Crippen molar-refractivity contribution < 1.29 is 13.2 Å². The van der Waals surface area contributed by atoms with Gasteiger partial charge in [0.2, 0.25) is 0 Å². The van der Waals surface area contributed by atoms with E-state index < -0.39 is 11.7 Å². The second-order valence-corrected chi connectivity index (χ2v) is 5.57. The Morgan fingerprint density at radius 1 is 1.00 bits per heavy atom. The molecule has 1 saturated heterocycles. The van der Waals surface area contributed by atoms with Crippen LogP contribution >= 0.6 is 0 Å². The van der Waals surface area contributed by atoms with Crippen LogP contribution in [-0.4, -0.2) is 27.6 Å². The lowest BCUT2D eigenvalue weighted by molar-refractivity contribution is -0.137. The minimum atomic E-state index is -4.39. The van der Waals surface area contributed by atoms with Gasteiger partial charge in [-0.25, -0.2) is 9.97 Å². The number of fused-ring (bicyclic) bond motifs is 1. The monoisotopic (exact) mass is 318 g/mol. The Morgan fingerprint density at radius 3 is 2.57 bits per heavy atom. The van der Waals surface area contributed by atoms with Gasteiger partial charge in [-0.1, -0.05) is 12.1 Å². The highest BCUT2D eigenvalue weighted by molar-refractivity contribution is 5.75. The Labute approximate surface area is 130 Å². The van der Waals surface area contributed by atoms with Crippen molar-refractivity contribution in [3.05, 3.63) is 54.5 Å². The molecule has 0 bridgehead atoms. The lowest BCUT2D eigenvalue weighted by Crippen LogP contribution is -2.48. The fourth-order valence-corrected chi connectivity index (χ4v) is 2.94. The van der Waals surface area contributed by atoms with Crippen LogP contribution in [0.3, 0.4) is 0 Å². The first kappa shape index (κ1) is 14.0. The molecule has 1 fully saturated rings. The van der Waals surface area contributed by atoms with Crippen molar-refractivity contribution in [2.24, 2.45) is 0 Å². The first-order valence-corrected chi connectivity index (χ1v) is 7.23. The maximum atomic E-state index is 13.1. The van der Waals surface area contributed by atoms with Crippen molar-refractivity contribution >= 4 is 16.9 Å². The number of hydrogen-bond acceptors (Lipinski definition) is 3. The van der Waals surface area contributed by atoms with E-state index in [1.54, 1.807) is 11.2 Å². The summed E-state index contributed by atoms with van der Waals surface area (Å²) in [4.78, 5) is 9.91. The zero-order valence-corrected chi connectivity index (χ0v) is 12.0. The fraction of sp³-hybridized carbons (Fsp3) is 0.250. The molecule has 1 aromatic carbocycles. The Hall–Kier alpha value is -2.57. The van der Waals surface area contributed by atoms with Crippen LogP contribution in [0, 0.1) is 0 Å². The minimum absolute atomic E-state index is 0.000621. The Bertz CT molecular complexity index is 850. The summed E-state index contributed by atoms with van der Waals surface area (Å²) >= 11 is 0. The largest absolute Gasteiger partial charge is 0.419 e. The van der Waals surface area contributed by atoms with Gasteiger partial charge < -0.3 is 9.47 Å². The van der Waals surface area contributed by atoms with E-state index in [2.05, 4.69) is 9.97 Å². The van der Waals surface area contributed by atoms with E-state index in [1.807, 2.05) is 28.8 Å². The van der Waals surface area contributed by atoms with Crippen LogP contribution in [0.25, 0.3) is 11.0 Å². The van der Waals surface area contributed by atoms with E-state index in [0.29, 0.717) is 13.1 Å². The molecule has 0 amide bonds. The van der Waals surface area contributed by atoms with Crippen LogP contribution in [0.15, 0.2) is 48.9 Å². The molecule has 0 N–H and O–H groups in total. The lowest BCUT2D eigenvalue weighted by atomic mass is 10.1. The van der Waals surface area contributed by atoms with Gasteiger partial charge in [0.25, 0.3) is 0 Å². The third-order valence-electron chi connectivity index (χ3n) is 4.13. The van der Waals surface area contributed by atoms with Gasteiger partial charge in [-0.2, -0.15) is 13.2 Å². The third-order valence-corrected chi connectivity index (χ3v) is 4.13. The van der Waals surface area contributed by atoms with Gasteiger partial charge in [0.1, 0.15) is 5.82 Å². The molecule has 0 radical (unpaired) electrons. The van der Waals surface area contributed by atoms with Gasteiger partial charge in [-0.3, -0.25) is 0 Å². The van der Waals surface area contributed by atoms with E-state index in [9.17, 15) is 13.2 Å². The van der Waals surface area contributed by atoms with Crippen molar-refractivity contribution in [1.82, 2.24) is 14.5 Å². The number of halogens is 3. The number of aromatic nitrogens is 3. The van der Waals surface area contributed by atoms with E-state index in [0.717, 1.165) is 17.1 Å². The Balaban J connectivity index is 1.59. The van der Waals surface area contributed by atoms with Crippen LogP contribution in [0.5, 0.6) is 0 Å². The third kappa shape index (κ3) is 2.32. The van der Waals surface area contributed by atoms with E-state index in [-0.39, 0.29) is 11.9 Å².